The number of anilines is 4. The van der Waals surface area contributed by atoms with Crippen LogP contribution in [0, 0.1) is 6.92 Å². The number of nitrogens with one attached hydrogen (secondary N) is 3. The molecular weight excluding hydrogens is 470 g/mol. The third-order valence-electron chi connectivity index (χ3n) is 6.77. The van der Waals surface area contributed by atoms with E-state index in [2.05, 4.69) is 52.9 Å². The topological polar surface area (TPSA) is 131 Å². The molecule has 3 N–H and O–H groups in total. The molecule has 37 heavy (non-hydrogen) atoms. The van der Waals surface area contributed by atoms with E-state index in [1.807, 2.05) is 27.2 Å². The average molecular weight is 504 g/mol. The van der Waals surface area contributed by atoms with E-state index >= 15 is 0 Å². The Hall–Kier alpha value is -4.06. The molecule has 1 saturated heterocycles. The fourth-order valence-corrected chi connectivity index (χ4v) is 4.62. The Kier molecular flexibility index (Phi) is 6.99. The predicted molar refractivity (Wildman–Crippen MR) is 142 cm³/mol. The Bertz CT molecular complexity index is 1410. The molecule has 1 atom stereocenters. The van der Waals surface area contributed by atoms with Gasteiger partial charge >= 0.3 is 0 Å². The summed E-state index contributed by atoms with van der Waals surface area (Å²) < 4.78 is 3.39. The van der Waals surface area contributed by atoms with Crippen LogP contribution in [0.15, 0.2) is 30.9 Å². The largest absolute Gasteiger partial charge is 0.351 e. The Balaban J connectivity index is 1.28. The number of carbonyl (C=O) groups is 1. The van der Waals surface area contributed by atoms with Crippen molar-refractivity contribution in [1.29, 1.82) is 0 Å². The molecule has 0 unspecified atom stereocenters. The molecule has 0 saturated carbocycles. The van der Waals surface area contributed by atoms with Crippen LogP contribution >= 0.6 is 0 Å². The summed E-state index contributed by atoms with van der Waals surface area (Å²) in [7, 11) is 3.67. The smallest absolute Gasteiger partial charge is 0.252 e. The van der Waals surface area contributed by atoms with E-state index in [-0.39, 0.29) is 5.91 Å². The first-order valence-electron chi connectivity index (χ1n) is 12.6. The monoisotopic (exact) mass is 503 g/mol. The lowest BCUT2D eigenvalue weighted by Crippen LogP contribution is -2.42. The summed E-state index contributed by atoms with van der Waals surface area (Å²) in [5.41, 5.74) is 3.42. The summed E-state index contributed by atoms with van der Waals surface area (Å²) in [5, 5.41) is 19.0. The molecular formula is C25H33N11O. The van der Waals surface area contributed by atoms with E-state index in [1.54, 1.807) is 34.0 Å². The number of nitrogens with zero attached hydrogens (tertiary/aromatic N) is 8. The summed E-state index contributed by atoms with van der Waals surface area (Å²) in [6.07, 6.45) is 10.6. The van der Waals surface area contributed by atoms with E-state index in [4.69, 9.17) is 0 Å². The van der Waals surface area contributed by atoms with E-state index in [1.165, 1.54) is 19.3 Å². The number of likely N-dealkylation sites (tertiary alicyclic amines) is 1. The number of pyridine rings is 1. The molecule has 0 aromatic carbocycles. The lowest BCUT2D eigenvalue weighted by Gasteiger charge is -2.33. The highest BCUT2D eigenvalue weighted by atomic mass is 16.1. The van der Waals surface area contributed by atoms with Crippen LogP contribution in [0.25, 0.3) is 11.0 Å². The standard InChI is InChI=1S/C25H33N11O/c1-16-7-5-6-9-36(16)10-8-26-24(37)18-11-21(17(2)27-12-18)31-22-20-14-28-25(32-23(20)35(4)33-22)30-19-13-29-34(3)15-19/h11-16H,5-10H2,1-4H3,(H,26,37)(H,31,33)(H,28,30,32)/t16-/m1/s1. The van der Waals surface area contributed by atoms with Gasteiger partial charge in [-0.15, -0.1) is 0 Å². The maximum absolute atomic E-state index is 12.8. The van der Waals surface area contributed by atoms with Gasteiger partial charge in [-0.05, 0) is 39.3 Å². The maximum atomic E-state index is 12.8. The van der Waals surface area contributed by atoms with Crippen LogP contribution in [0.1, 0.15) is 42.2 Å². The minimum Gasteiger partial charge on any atom is -0.351 e. The summed E-state index contributed by atoms with van der Waals surface area (Å²) >= 11 is 0. The highest BCUT2D eigenvalue weighted by molar-refractivity contribution is 5.96. The number of hydrogen-bond acceptors (Lipinski definition) is 9. The molecule has 0 radical (unpaired) electrons. The molecule has 1 fully saturated rings. The van der Waals surface area contributed by atoms with Gasteiger partial charge in [0, 0.05) is 51.8 Å². The van der Waals surface area contributed by atoms with Crippen LogP contribution in [0.2, 0.25) is 0 Å². The molecule has 194 valence electrons. The van der Waals surface area contributed by atoms with Crippen LogP contribution in [0.3, 0.4) is 0 Å². The molecule has 1 aliphatic rings. The molecule has 0 spiro atoms. The zero-order valence-corrected chi connectivity index (χ0v) is 21.7. The quantitative estimate of drug-likeness (QED) is 0.332. The normalized spacial score (nSPS) is 16.2. The lowest BCUT2D eigenvalue weighted by atomic mass is 10.0. The van der Waals surface area contributed by atoms with Gasteiger partial charge in [-0.25, -0.2) is 9.67 Å². The van der Waals surface area contributed by atoms with Crippen LogP contribution in [-0.4, -0.2) is 71.0 Å². The molecule has 4 aromatic rings. The van der Waals surface area contributed by atoms with Crippen molar-refractivity contribution in [2.75, 3.05) is 30.3 Å². The molecule has 1 aliphatic heterocycles. The number of piperidine rings is 1. The molecule has 0 bridgehead atoms. The van der Waals surface area contributed by atoms with Gasteiger partial charge in [0.25, 0.3) is 5.91 Å². The Morgan fingerprint density at radius 1 is 1.14 bits per heavy atom. The zero-order valence-electron chi connectivity index (χ0n) is 21.7. The fourth-order valence-electron chi connectivity index (χ4n) is 4.62. The van der Waals surface area contributed by atoms with Crippen LogP contribution < -0.4 is 16.0 Å². The van der Waals surface area contributed by atoms with Crippen molar-refractivity contribution in [3.63, 3.8) is 0 Å². The Morgan fingerprint density at radius 3 is 2.78 bits per heavy atom. The minimum atomic E-state index is -0.138. The SMILES string of the molecule is Cc1ncc(C(=O)NCCN2CCCC[C@H]2C)cc1Nc1nn(C)c2nc(Nc3cnn(C)c3)ncc12. The zero-order chi connectivity index (χ0) is 25.9. The number of hydrogen-bond donors (Lipinski definition) is 3. The third kappa shape index (κ3) is 5.53. The van der Waals surface area contributed by atoms with Gasteiger partial charge < -0.3 is 16.0 Å². The first kappa shape index (κ1) is 24.6. The van der Waals surface area contributed by atoms with Gasteiger partial charge in [0.15, 0.2) is 11.5 Å². The second-order valence-corrected chi connectivity index (χ2v) is 9.55. The molecule has 1 amide bonds. The molecule has 12 heteroatoms. The number of rotatable bonds is 8. The summed E-state index contributed by atoms with van der Waals surface area (Å²) in [5.74, 6) is 0.901. The van der Waals surface area contributed by atoms with Gasteiger partial charge in [-0.3, -0.25) is 19.4 Å². The van der Waals surface area contributed by atoms with Gasteiger partial charge in [0.2, 0.25) is 5.95 Å². The van der Waals surface area contributed by atoms with Crippen molar-refractivity contribution in [1.82, 2.24) is 44.7 Å². The van der Waals surface area contributed by atoms with E-state index in [9.17, 15) is 4.79 Å². The predicted octanol–water partition coefficient (Wildman–Crippen LogP) is 2.89. The maximum Gasteiger partial charge on any atom is 0.252 e. The van der Waals surface area contributed by atoms with Crippen LogP contribution in [0.4, 0.5) is 23.1 Å². The number of carbonyl (C=O) groups excluding carboxylic acids is 1. The van der Waals surface area contributed by atoms with Crippen molar-refractivity contribution in [2.24, 2.45) is 14.1 Å². The molecule has 0 aliphatic carbocycles. The van der Waals surface area contributed by atoms with Crippen molar-refractivity contribution in [3.05, 3.63) is 42.1 Å². The highest BCUT2D eigenvalue weighted by Gasteiger charge is 2.18. The summed E-state index contributed by atoms with van der Waals surface area (Å²) in [6.45, 7) is 6.71. The summed E-state index contributed by atoms with van der Waals surface area (Å²) in [4.78, 5) is 28.8. The molecule has 5 rings (SSSR count). The average Bonchev–Trinajstić information content (AvgIpc) is 3.43. The Labute approximate surface area is 215 Å². The van der Waals surface area contributed by atoms with Crippen LogP contribution in [-0.2, 0) is 14.1 Å². The second-order valence-electron chi connectivity index (χ2n) is 9.55. The minimum absolute atomic E-state index is 0.138. The van der Waals surface area contributed by atoms with Gasteiger partial charge in [-0.1, -0.05) is 6.42 Å². The number of fused-ring (bicyclic) bond motifs is 1. The third-order valence-corrected chi connectivity index (χ3v) is 6.77. The van der Waals surface area contributed by atoms with Crippen molar-refractivity contribution >= 4 is 40.1 Å². The Morgan fingerprint density at radius 2 is 2.00 bits per heavy atom. The number of amides is 1. The van der Waals surface area contributed by atoms with Crippen molar-refractivity contribution < 1.29 is 4.79 Å². The van der Waals surface area contributed by atoms with Gasteiger partial charge in [0.1, 0.15) is 0 Å². The van der Waals surface area contributed by atoms with Crippen molar-refractivity contribution in [2.45, 2.75) is 39.2 Å². The number of aromatic nitrogens is 7. The first-order valence-corrected chi connectivity index (χ1v) is 12.6. The van der Waals surface area contributed by atoms with E-state index < -0.39 is 0 Å². The highest BCUT2D eigenvalue weighted by Crippen LogP contribution is 2.27. The van der Waals surface area contributed by atoms with Gasteiger partial charge in [-0.2, -0.15) is 15.2 Å². The fraction of sp³-hybridized carbons (Fsp3) is 0.440. The second kappa shape index (κ2) is 10.5. The molecule has 12 nitrogen and oxygen atoms in total. The number of aryl methyl sites for hydroxylation is 3. The first-order chi connectivity index (χ1) is 17.9. The lowest BCUT2D eigenvalue weighted by molar-refractivity contribution is 0.0938. The van der Waals surface area contributed by atoms with E-state index in [0.29, 0.717) is 41.3 Å². The van der Waals surface area contributed by atoms with Crippen LogP contribution in [0.5, 0.6) is 0 Å². The van der Waals surface area contributed by atoms with E-state index in [0.717, 1.165) is 29.9 Å². The molecule has 5 heterocycles. The summed E-state index contributed by atoms with van der Waals surface area (Å²) in [6, 6.07) is 2.38. The van der Waals surface area contributed by atoms with Gasteiger partial charge in [0.05, 0.1) is 34.2 Å². The van der Waals surface area contributed by atoms with Crippen molar-refractivity contribution in [3.8, 4) is 0 Å². The molecule has 4 aromatic heterocycles.